The molecule has 2 heteroatoms. The first-order chi connectivity index (χ1) is 7.22. The highest BCUT2D eigenvalue weighted by Gasteiger charge is 2.36. The topological polar surface area (TPSA) is 21.3 Å². The van der Waals surface area contributed by atoms with Gasteiger partial charge in [0.2, 0.25) is 0 Å². The summed E-state index contributed by atoms with van der Waals surface area (Å²) in [6, 6.07) is 8.33. The molecule has 0 aromatic heterocycles. The lowest BCUT2D eigenvalue weighted by atomic mass is 10.2. The first-order valence-corrected chi connectivity index (χ1v) is 5.69. The Labute approximate surface area is 91.6 Å². The van der Waals surface area contributed by atoms with E-state index in [1.165, 1.54) is 18.4 Å². The van der Waals surface area contributed by atoms with Crippen LogP contribution in [0.25, 0.3) is 0 Å². The van der Waals surface area contributed by atoms with Gasteiger partial charge in [0, 0.05) is 12.1 Å². The number of benzene rings is 1. The van der Waals surface area contributed by atoms with Gasteiger partial charge in [-0.15, -0.1) is 0 Å². The predicted molar refractivity (Wildman–Crippen MR) is 62.1 cm³/mol. The molecule has 1 N–H and O–H groups in total. The molecule has 2 nitrogen and oxygen atoms in total. The van der Waals surface area contributed by atoms with E-state index in [-0.39, 0.29) is 0 Å². The minimum absolute atomic E-state index is 0.415. The summed E-state index contributed by atoms with van der Waals surface area (Å²) in [4.78, 5) is 0. The zero-order valence-electron chi connectivity index (χ0n) is 9.55. The SMILES string of the molecule is CCOc1ccc(CNC2(C)CC2)cc1. The van der Waals surface area contributed by atoms with Gasteiger partial charge < -0.3 is 10.1 Å². The molecule has 82 valence electrons. The molecular formula is C13H19NO. The fourth-order valence-corrected chi connectivity index (χ4v) is 1.55. The highest BCUT2D eigenvalue weighted by atomic mass is 16.5. The van der Waals surface area contributed by atoms with Crippen LogP contribution < -0.4 is 10.1 Å². The molecule has 0 aliphatic heterocycles. The monoisotopic (exact) mass is 205 g/mol. The quantitative estimate of drug-likeness (QED) is 0.798. The predicted octanol–water partition coefficient (Wildman–Crippen LogP) is 2.73. The Morgan fingerprint density at radius 2 is 1.93 bits per heavy atom. The van der Waals surface area contributed by atoms with Crippen LogP contribution in [0.5, 0.6) is 5.75 Å². The molecular weight excluding hydrogens is 186 g/mol. The molecule has 1 saturated carbocycles. The van der Waals surface area contributed by atoms with Crippen LogP contribution in [-0.4, -0.2) is 12.1 Å². The standard InChI is InChI=1S/C13H19NO/c1-3-15-12-6-4-11(5-7-12)10-14-13(2)8-9-13/h4-7,14H,3,8-10H2,1-2H3. The van der Waals surface area contributed by atoms with Crippen LogP contribution in [0, 0.1) is 0 Å². The molecule has 1 aromatic rings. The number of hydrogen-bond donors (Lipinski definition) is 1. The summed E-state index contributed by atoms with van der Waals surface area (Å²) in [5, 5.41) is 3.56. The summed E-state index contributed by atoms with van der Waals surface area (Å²) in [5.74, 6) is 0.957. The third-order valence-electron chi connectivity index (χ3n) is 2.95. The molecule has 0 bridgehead atoms. The van der Waals surface area contributed by atoms with Crippen LogP contribution in [0.4, 0.5) is 0 Å². The fraction of sp³-hybridized carbons (Fsp3) is 0.538. The van der Waals surface area contributed by atoms with Crippen molar-refractivity contribution in [2.24, 2.45) is 0 Å². The molecule has 1 aliphatic carbocycles. The van der Waals surface area contributed by atoms with Gasteiger partial charge in [-0.1, -0.05) is 12.1 Å². The van der Waals surface area contributed by atoms with Gasteiger partial charge in [0.1, 0.15) is 5.75 Å². The molecule has 0 atom stereocenters. The van der Waals surface area contributed by atoms with E-state index in [2.05, 4.69) is 24.4 Å². The van der Waals surface area contributed by atoms with Crippen molar-refractivity contribution < 1.29 is 4.74 Å². The number of nitrogens with one attached hydrogen (secondary N) is 1. The molecule has 0 unspecified atom stereocenters. The average Bonchev–Trinajstić information content (AvgIpc) is 2.97. The first kappa shape index (κ1) is 10.5. The second kappa shape index (κ2) is 4.23. The Bertz CT molecular complexity index is 314. The van der Waals surface area contributed by atoms with Crippen LogP contribution in [-0.2, 0) is 6.54 Å². The van der Waals surface area contributed by atoms with Crippen LogP contribution >= 0.6 is 0 Å². The van der Waals surface area contributed by atoms with E-state index < -0.39 is 0 Å². The van der Waals surface area contributed by atoms with Crippen molar-refractivity contribution >= 4 is 0 Å². The summed E-state index contributed by atoms with van der Waals surface area (Å²) in [7, 11) is 0. The van der Waals surface area contributed by atoms with Gasteiger partial charge in [-0.05, 0) is 44.4 Å². The van der Waals surface area contributed by atoms with Crippen molar-refractivity contribution in [2.75, 3.05) is 6.61 Å². The van der Waals surface area contributed by atoms with Crippen molar-refractivity contribution in [1.29, 1.82) is 0 Å². The molecule has 2 rings (SSSR count). The molecule has 15 heavy (non-hydrogen) atoms. The van der Waals surface area contributed by atoms with E-state index in [1.54, 1.807) is 0 Å². The van der Waals surface area contributed by atoms with Crippen LogP contribution in [0.2, 0.25) is 0 Å². The zero-order valence-corrected chi connectivity index (χ0v) is 9.55. The molecule has 1 aliphatic rings. The Morgan fingerprint density at radius 1 is 1.27 bits per heavy atom. The highest BCUT2D eigenvalue weighted by Crippen LogP contribution is 2.34. The van der Waals surface area contributed by atoms with Gasteiger partial charge in [0.25, 0.3) is 0 Å². The van der Waals surface area contributed by atoms with Crippen molar-refractivity contribution in [2.45, 2.75) is 38.8 Å². The maximum Gasteiger partial charge on any atom is 0.119 e. The van der Waals surface area contributed by atoms with Gasteiger partial charge >= 0.3 is 0 Å². The van der Waals surface area contributed by atoms with Crippen LogP contribution in [0.1, 0.15) is 32.3 Å². The Hall–Kier alpha value is -1.02. The minimum Gasteiger partial charge on any atom is -0.494 e. The molecule has 0 amide bonds. The summed E-state index contributed by atoms with van der Waals surface area (Å²) in [6.45, 7) is 5.98. The lowest BCUT2D eigenvalue weighted by Crippen LogP contribution is -2.26. The third-order valence-corrected chi connectivity index (χ3v) is 2.95. The number of hydrogen-bond acceptors (Lipinski definition) is 2. The van der Waals surface area contributed by atoms with Gasteiger partial charge in [0.05, 0.1) is 6.61 Å². The normalized spacial score (nSPS) is 17.5. The third kappa shape index (κ3) is 2.96. The Balaban J connectivity index is 1.86. The fourth-order valence-electron chi connectivity index (χ4n) is 1.55. The Morgan fingerprint density at radius 3 is 2.47 bits per heavy atom. The zero-order chi connectivity index (χ0) is 10.7. The van der Waals surface area contributed by atoms with E-state index in [1.807, 2.05) is 19.1 Å². The van der Waals surface area contributed by atoms with Gasteiger partial charge in [-0.3, -0.25) is 0 Å². The summed E-state index contributed by atoms with van der Waals surface area (Å²) >= 11 is 0. The molecule has 1 aromatic carbocycles. The van der Waals surface area contributed by atoms with Crippen LogP contribution in [0.3, 0.4) is 0 Å². The van der Waals surface area contributed by atoms with Crippen molar-refractivity contribution in [3.63, 3.8) is 0 Å². The maximum absolute atomic E-state index is 5.40. The van der Waals surface area contributed by atoms with Crippen molar-refractivity contribution in [3.05, 3.63) is 29.8 Å². The number of ether oxygens (including phenoxy) is 1. The summed E-state index contributed by atoms with van der Waals surface area (Å²) < 4.78 is 5.40. The lowest BCUT2D eigenvalue weighted by Gasteiger charge is -2.11. The Kier molecular flexibility index (Phi) is 2.96. The molecule has 0 radical (unpaired) electrons. The van der Waals surface area contributed by atoms with E-state index in [0.29, 0.717) is 5.54 Å². The lowest BCUT2D eigenvalue weighted by molar-refractivity contribution is 0.340. The smallest absolute Gasteiger partial charge is 0.119 e. The molecule has 0 heterocycles. The second-order valence-corrected chi connectivity index (χ2v) is 4.49. The molecule has 0 spiro atoms. The largest absolute Gasteiger partial charge is 0.494 e. The van der Waals surface area contributed by atoms with E-state index in [0.717, 1.165) is 18.9 Å². The number of rotatable bonds is 5. The van der Waals surface area contributed by atoms with E-state index in [9.17, 15) is 0 Å². The summed E-state index contributed by atoms with van der Waals surface area (Å²) in [6.07, 6.45) is 2.62. The van der Waals surface area contributed by atoms with Crippen LogP contribution in [0.15, 0.2) is 24.3 Å². The highest BCUT2D eigenvalue weighted by molar-refractivity contribution is 5.27. The van der Waals surface area contributed by atoms with E-state index in [4.69, 9.17) is 4.74 Å². The maximum atomic E-state index is 5.40. The molecule has 1 fully saturated rings. The van der Waals surface area contributed by atoms with Gasteiger partial charge in [0.15, 0.2) is 0 Å². The van der Waals surface area contributed by atoms with Crippen molar-refractivity contribution in [1.82, 2.24) is 5.32 Å². The minimum atomic E-state index is 0.415. The first-order valence-electron chi connectivity index (χ1n) is 5.69. The van der Waals surface area contributed by atoms with E-state index >= 15 is 0 Å². The van der Waals surface area contributed by atoms with Crippen molar-refractivity contribution in [3.8, 4) is 5.75 Å². The van der Waals surface area contributed by atoms with Gasteiger partial charge in [-0.25, -0.2) is 0 Å². The summed E-state index contributed by atoms with van der Waals surface area (Å²) in [5.41, 5.74) is 1.74. The van der Waals surface area contributed by atoms with Gasteiger partial charge in [-0.2, -0.15) is 0 Å². The average molecular weight is 205 g/mol. The molecule has 0 saturated heterocycles. The second-order valence-electron chi connectivity index (χ2n) is 4.49.